The van der Waals surface area contributed by atoms with Gasteiger partial charge in [-0.1, -0.05) is 22.4 Å². The Balaban J connectivity index is 1.81. The van der Waals surface area contributed by atoms with Crippen molar-refractivity contribution in [3.8, 4) is 0 Å². The maximum Gasteiger partial charge on any atom is 0.00341 e. The Bertz CT molecular complexity index is 101. The standard InChI is InChI=1S/C8H13Br/c9-5-4-8-6-2-1-3-7(6)8/h6-8H,1-5H2. The molecule has 0 aromatic rings. The summed E-state index contributed by atoms with van der Waals surface area (Å²) in [5.74, 6) is 3.48. The highest BCUT2D eigenvalue weighted by Crippen LogP contribution is 2.59. The molecule has 0 saturated heterocycles. The minimum Gasteiger partial charge on any atom is -0.0928 e. The summed E-state index contributed by atoms with van der Waals surface area (Å²) in [7, 11) is 0. The summed E-state index contributed by atoms with van der Waals surface area (Å²) in [6.45, 7) is 0. The fourth-order valence-electron chi connectivity index (χ4n) is 2.52. The van der Waals surface area contributed by atoms with E-state index in [1.165, 1.54) is 30.0 Å². The predicted octanol–water partition coefficient (Wildman–Crippen LogP) is 2.82. The topological polar surface area (TPSA) is 0 Å². The molecule has 0 heterocycles. The highest BCUT2D eigenvalue weighted by atomic mass is 79.9. The van der Waals surface area contributed by atoms with Crippen molar-refractivity contribution in [2.75, 3.05) is 5.33 Å². The van der Waals surface area contributed by atoms with Crippen molar-refractivity contribution in [2.24, 2.45) is 17.8 Å². The number of rotatable bonds is 2. The maximum atomic E-state index is 3.50. The normalized spacial score (nSPS) is 47.0. The summed E-state index contributed by atoms with van der Waals surface area (Å²) in [5, 5.41) is 1.23. The second kappa shape index (κ2) is 2.26. The van der Waals surface area contributed by atoms with Gasteiger partial charge in [-0.15, -0.1) is 0 Å². The van der Waals surface area contributed by atoms with Crippen LogP contribution in [0.25, 0.3) is 0 Å². The van der Waals surface area contributed by atoms with Gasteiger partial charge in [0, 0.05) is 5.33 Å². The lowest BCUT2D eigenvalue weighted by Gasteiger charge is -1.97. The van der Waals surface area contributed by atoms with Gasteiger partial charge < -0.3 is 0 Å². The first-order valence-corrected chi connectivity index (χ1v) is 5.11. The molecule has 2 atom stereocenters. The molecule has 9 heavy (non-hydrogen) atoms. The zero-order valence-electron chi connectivity index (χ0n) is 5.65. The molecule has 0 bridgehead atoms. The molecule has 0 aromatic carbocycles. The lowest BCUT2D eigenvalue weighted by molar-refractivity contribution is 0.579. The van der Waals surface area contributed by atoms with E-state index in [0.29, 0.717) is 0 Å². The van der Waals surface area contributed by atoms with Crippen molar-refractivity contribution >= 4 is 15.9 Å². The summed E-state index contributed by atoms with van der Waals surface area (Å²) in [4.78, 5) is 0. The lowest BCUT2D eigenvalue weighted by atomic mass is 10.1. The van der Waals surface area contributed by atoms with Gasteiger partial charge in [0.15, 0.2) is 0 Å². The lowest BCUT2D eigenvalue weighted by Crippen LogP contribution is -1.87. The first-order valence-electron chi connectivity index (χ1n) is 3.99. The van der Waals surface area contributed by atoms with Crippen LogP contribution >= 0.6 is 15.9 Å². The van der Waals surface area contributed by atoms with Gasteiger partial charge in [-0.3, -0.25) is 0 Å². The number of hydrogen-bond donors (Lipinski definition) is 0. The zero-order valence-corrected chi connectivity index (χ0v) is 7.23. The van der Waals surface area contributed by atoms with Crippen LogP contribution in [0.5, 0.6) is 0 Å². The average Bonchev–Trinajstić information content (AvgIpc) is 2.39. The predicted molar refractivity (Wildman–Crippen MR) is 42.7 cm³/mol. The van der Waals surface area contributed by atoms with Crippen molar-refractivity contribution < 1.29 is 0 Å². The Kier molecular flexibility index (Phi) is 1.56. The van der Waals surface area contributed by atoms with Crippen LogP contribution in [-0.4, -0.2) is 5.33 Å². The molecule has 2 rings (SSSR count). The summed E-state index contributed by atoms with van der Waals surface area (Å²) >= 11 is 3.50. The second-order valence-electron chi connectivity index (χ2n) is 3.40. The molecule has 0 radical (unpaired) electrons. The van der Waals surface area contributed by atoms with Crippen LogP contribution in [0, 0.1) is 17.8 Å². The third-order valence-corrected chi connectivity index (χ3v) is 3.48. The van der Waals surface area contributed by atoms with Crippen LogP contribution in [-0.2, 0) is 0 Å². The SMILES string of the molecule is BrCCC1C2CCCC12. The van der Waals surface area contributed by atoms with Gasteiger partial charge in [0.1, 0.15) is 0 Å². The van der Waals surface area contributed by atoms with Crippen LogP contribution in [0.3, 0.4) is 0 Å². The third kappa shape index (κ3) is 0.938. The number of halogens is 1. The van der Waals surface area contributed by atoms with E-state index < -0.39 is 0 Å². The number of fused-ring (bicyclic) bond motifs is 1. The molecule has 2 saturated carbocycles. The van der Waals surface area contributed by atoms with Crippen LogP contribution in [0.4, 0.5) is 0 Å². The molecule has 0 aliphatic heterocycles. The Morgan fingerprint density at radius 1 is 1.22 bits per heavy atom. The summed E-state index contributed by atoms with van der Waals surface area (Å²) < 4.78 is 0. The monoisotopic (exact) mass is 188 g/mol. The molecule has 0 amide bonds. The van der Waals surface area contributed by atoms with Crippen molar-refractivity contribution in [1.29, 1.82) is 0 Å². The highest BCUT2D eigenvalue weighted by Gasteiger charge is 2.51. The van der Waals surface area contributed by atoms with Crippen LogP contribution in [0.2, 0.25) is 0 Å². The van der Waals surface area contributed by atoms with E-state index in [4.69, 9.17) is 0 Å². The molecule has 0 aromatic heterocycles. The van der Waals surface area contributed by atoms with Crippen LogP contribution in [0.15, 0.2) is 0 Å². The molecule has 52 valence electrons. The van der Waals surface area contributed by atoms with Crippen LogP contribution in [0.1, 0.15) is 25.7 Å². The Morgan fingerprint density at radius 2 is 1.89 bits per heavy atom. The largest absolute Gasteiger partial charge is 0.0928 e. The smallest absolute Gasteiger partial charge is 0.00341 e. The van der Waals surface area contributed by atoms with Gasteiger partial charge >= 0.3 is 0 Å². The number of hydrogen-bond acceptors (Lipinski definition) is 0. The van der Waals surface area contributed by atoms with Crippen molar-refractivity contribution in [2.45, 2.75) is 25.7 Å². The average molecular weight is 189 g/mol. The molecular formula is C8H13Br. The van der Waals surface area contributed by atoms with Crippen molar-refractivity contribution in [1.82, 2.24) is 0 Å². The van der Waals surface area contributed by atoms with Gasteiger partial charge in [0.2, 0.25) is 0 Å². The maximum absolute atomic E-state index is 3.50. The van der Waals surface area contributed by atoms with Crippen molar-refractivity contribution in [3.63, 3.8) is 0 Å². The summed E-state index contributed by atoms with van der Waals surface area (Å²) in [6.07, 6.45) is 6.05. The van der Waals surface area contributed by atoms with Gasteiger partial charge in [-0.25, -0.2) is 0 Å². The number of alkyl halides is 1. The molecule has 2 fully saturated rings. The second-order valence-corrected chi connectivity index (χ2v) is 4.19. The van der Waals surface area contributed by atoms with E-state index in [1.807, 2.05) is 0 Å². The minimum atomic E-state index is 1.14. The first kappa shape index (κ1) is 6.21. The van der Waals surface area contributed by atoms with Gasteiger partial charge in [-0.05, 0) is 37.0 Å². The summed E-state index contributed by atoms with van der Waals surface area (Å²) in [6, 6.07) is 0. The van der Waals surface area contributed by atoms with E-state index >= 15 is 0 Å². The first-order chi connectivity index (χ1) is 4.43. The van der Waals surface area contributed by atoms with Gasteiger partial charge in [0.25, 0.3) is 0 Å². The van der Waals surface area contributed by atoms with Crippen molar-refractivity contribution in [3.05, 3.63) is 0 Å². The molecular weight excluding hydrogens is 176 g/mol. The molecule has 2 aliphatic carbocycles. The van der Waals surface area contributed by atoms with E-state index in [0.717, 1.165) is 5.92 Å². The van der Waals surface area contributed by atoms with E-state index in [-0.39, 0.29) is 0 Å². The van der Waals surface area contributed by atoms with E-state index in [9.17, 15) is 0 Å². The molecule has 0 N–H and O–H groups in total. The highest BCUT2D eigenvalue weighted by molar-refractivity contribution is 9.09. The quantitative estimate of drug-likeness (QED) is 0.586. The zero-order chi connectivity index (χ0) is 6.27. The molecule has 2 unspecified atom stereocenters. The molecule has 2 aliphatic rings. The van der Waals surface area contributed by atoms with Crippen LogP contribution < -0.4 is 0 Å². The molecule has 0 nitrogen and oxygen atoms in total. The molecule has 0 spiro atoms. The van der Waals surface area contributed by atoms with E-state index in [1.54, 1.807) is 12.8 Å². The fraction of sp³-hybridized carbons (Fsp3) is 1.00. The summed E-state index contributed by atoms with van der Waals surface area (Å²) in [5.41, 5.74) is 0. The minimum absolute atomic E-state index is 1.14. The Morgan fingerprint density at radius 3 is 2.44 bits per heavy atom. The Labute approximate surface area is 65.1 Å². The van der Waals surface area contributed by atoms with E-state index in [2.05, 4.69) is 15.9 Å². The molecule has 1 heteroatoms. The Hall–Kier alpha value is 0.480. The van der Waals surface area contributed by atoms with Gasteiger partial charge in [-0.2, -0.15) is 0 Å². The van der Waals surface area contributed by atoms with Gasteiger partial charge in [0.05, 0.1) is 0 Å². The fourth-order valence-corrected chi connectivity index (χ4v) is 3.05. The third-order valence-electron chi connectivity index (χ3n) is 3.03.